The molecule has 0 spiro atoms. The Morgan fingerprint density at radius 1 is 1.41 bits per heavy atom. The van der Waals surface area contributed by atoms with E-state index in [1.165, 1.54) is 6.92 Å². The lowest BCUT2D eigenvalue weighted by Gasteiger charge is -2.24. The predicted molar refractivity (Wildman–Crippen MR) is 67.2 cm³/mol. The summed E-state index contributed by atoms with van der Waals surface area (Å²) in [4.78, 5) is 22.1. The zero-order valence-corrected chi connectivity index (χ0v) is 11.6. The van der Waals surface area contributed by atoms with E-state index in [4.69, 9.17) is 5.11 Å². The van der Waals surface area contributed by atoms with E-state index < -0.39 is 22.7 Å². The third kappa shape index (κ3) is 7.10. The topological polar surface area (TPSA) is 83.5 Å². The molecule has 0 aliphatic rings. The highest BCUT2D eigenvalue weighted by Crippen LogP contribution is 2.07. The molecular formula is C11H21NO4S. The zero-order valence-electron chi connectivity index (χ0n) is 10.8. The van der Waals surface area contributed by atoms with Crippen LogP contribution < -0.4 is 5.32 Å². The molecule has 2 N–H and O–H groups in total. The van der Waals surface area contributed by atoms with Gasteiger partial charge in [-0.15, -0.1) is 0 Å². The molecule has 5 nitrogen and oxygen atoms in total. The molecule has 0 saturated carbocycles. The summed E-state index contributed by atoms with van der Waals surface area (Å²) >= 11 is 0. The van der Waals surface area contributed by atoms with Gasteiger partial charge in [-0.25, -0.2) is 0 Å². The normalized spacial score (nSPS) is 15.1. The monoisotopic (exact) mass is 263 g/mol. The standard InChI is InChI=1S/C11H21NO4S/c1-5-11(3,4)12-9(13)7-17(16)6-8(2)10(14)15/h8H,5-7H2,1-4H3,(H,12,13)(H,14,15). The van der Waals surface area contributed by atoms with Crippen molar-refractivity contribution >= 4 is 22.7 Å². The van der Waals surface area contributed by atoms with E-state index in [2.05, 4.69) is 5.32 Å². The molecule has 0 heterocycles. The van der Waals surface area contributed by atoms with Crippen molar-refractivity contribution in [2.45, 2.75) is 39.7 Å². The van der Waals surface area contributed by atoms with E-state index in [1.54, 1.807) is 0 Å². The predicted octanol–water partition coefficient (Wildman–Crippen LogP) is 0.761. The molecule has 0 aromatic carbocycles. The van der Waals surface area contributed by atoms with Crippen LogP contribution in [-0.4, -0.2) is 38.2 Å². The molecule has 6 heteroatoms. The van der Waals surface area contributed by atoms with Crippen LogP contribution in [0.25, 0.3) is 0 Å². The number of carbonyl (C=O) groups excluding carboxylic acids is 1. The first kappa shape index (κ1) is 16.1. The molecule has 0 aromatic heterocycles. The summed E-state index contributed by atoms with van der Waals surface area (Å²) in [7, 11) is -1.43. The van der Waals surface area contributed by atoms with Crippen molar-refractivity contribution in [2.75, 3.05) is 11.5 Å². The third-order valence-corrected chi connectivity index (χ3v) is 3.97. The summed E-state index contributed by atoms with van der Waals surface area (Å²) in [5, 5.41) is 11.4. The molecule has 0 saturated heterocycles. The molecule has 0 aromatic rings. The second-order valence-electron chi connectivity index (χ2n) is 4.78. The number of rotatable bonds is 7. The van der Waals surface area contributed by atoms with Crippen LogP contribution in [-0.2, 0) is 20.4 Å². The Morgan fingerprint density at radius 3 is 2.35 bits per heavy atom. The van der Waals surface area contributed by atoms with Crippen molar-refractivity contribution in [3.8, 4) is 0 Å². The SMILES string of the molecule is CCC(C)(C)NC(=O)CS(=O)CC(C)C(=O)O. The minimum atomic E-state index is -1.43. The first-order valence-corrected chi connectivity index (χ1v) is 7.05. The van der Waals surface area contributed by atoms with Crippen molar-refractivity contribution < 1.29 is 18.9 Å². The third-order valence-electron chi connectivity index (χ3n) is 2.51. The molecule has 17 heavy (non-hydrogen) atoms. The highest BCUT2D eigenvalue weighted by molar-refractivity contribution is 7.85. The fraction of sp³-hybridized carbons (Fsp3) is 0.818. The summed E-state index contributed by atoms with van der Waals surface area (Å²) in [6, 6.07) is 0. The van der Waals surface area contributed by atoms with Gasteiger partial charge in [0.2, 0.25) is 5.91 Å². The average Bonchev–Trinajstić information content (AvgIpc) is 2.15. The molecule has 0 fully saturated rings. The Bertz CT molecular complexity index is 315. The summed E-state index contributed by atoms with van der Waals surface area (Å²) in [6.07, 6.45) is 0.775. The average molecular weight is 263 g/mol. The van der Waals surface area contributed by atoms with Crippen LogP contribution in [0, 0.1) is 5.92 Å². The van der Waals surface area contributed by atoms with Crippen LogP contribution in [0.3, 0.4) is 0 Å². The molecule has 0 radical (unpaired) electrons. The van der Waals surface area contributed by atoms with Crippen LogP contribution in [0.1, 0.15) is 34.1 Å². The smallest absolute Gasteiger partial charge is 0.307 e. The van der Waals surface area contributed by atoms with Gasteiger partial charge < -0.3 is 10.4 Å². The van der Waals surface area contributed by atoms with Gasteiger partial charge in [-0.2, -0.15) is 0 Å². The van der Waals surface area contributed by atoms with Gasteiger partial charge in [0.25, 0.3) is 0 Å². The number of amides is 1. The maximum Gasteiger partial charge on any atom is 0.307 e. The van der Waals surface area contributed by atoms with E-state index in [9.17, 15) is 13.8 Å². The Kier molecular flexibility index (Phi) is 6.37. The minimum absolute atomic E-state index is 0.00923. The van der Waals surface area contributed by atoms with Crippen molar-refractivity contribution in [3.63, 3.8) is 0 Å². The number of carboxylic acid groups (broad SMARTS) is 1. The van der Waals surface area contributed by atoms with E-state index in [-0.39, 0.29) is 23.0 Å². The van der Waals surface area contributed by atoms with E-state index in [0.717, 1.165) is 6.42 Å². The molecule has 0 rings (SSSR count). The maximum atomic E-state index is 11.5. The van der Waals surface area contributed by atoms with Gasteiger partial charge in [-0.1, -0.05) is 13.8 Å². The molecule has 2 unspecified atom stereocenters. The largest absolute Gasteiger partial charge is 0.481 e. The molecule has 0 aliphatic heterocycles. The highest BCUT2D eigenvalue weighted by atomic mass is 32.2. The second-order valence-corrected chi connectivity index (χ2v) is 6.28. The first-order chi connectivity index (χ1) is 7.68. The van der Waals surface area contributed by atoms with Gasteiger partial charge in [-0.05, 0) is 20.3 Å². The van der Waals surface area contributed by atoms with Crippen molar-refractivity contribution in [3.05, 3.63) is 0 Å². The molecule has 100 valence electrons. The van der Waals surface area contributed by atoms with Crippen LogP contribution in [0.5, 0.6) is 0 Å². The Morgan fingerprint density at radius 2 is 1.94 bits per heavy atom. The number of carbonyl (C=O) groups is 2. The Balaban J connectivity index is 4.14. The number of carboxylic acids is 1. The Hall–Kier alpha value is -0.910. The lowest BCUT2D eigenvalue weighted by atomic mass is 10.0. The molecular weight excluding hydrogens is 242 g/mol. The number of aliphatic carboxylic acids is 1. The number of hydrogen-bond acceptors (Lipinski definition) is 3. The number of hydrogen-bond donors (Lipinski definition) is 2. The van der Waals surface area contributed by atoms with Crippen molar-refractivity contribution in [1.82, 2.24) is 5.32 Å². The van der Waals surface area contributed by atoms with Gasteiger partial charge in [0.1, 0.15) is 5.75 Å². The fourth-order valence-electron chi connectivity index (χ4n) is 1.06. The lowest BCUT2D eigenvalue weighted by molar-refractivity contribution is -0.140. The van der Waals surface area contributed by atoms with Crippen LogP contribution >= 0.6 is 0 Å². The first-order valence-electron chi connectivity index (χ1n) is 5.56. The zero-order chi connectivity index (χ0) is 13.6. The van der Waals surface area contributed by atoms with Crippen LogP contribution in [0.2, 0.25) is 0 Å². The molecule has 1 amide bonds. The van der Waals surface area contributed by atoms with Gasteiger partial charge in [0, 0.05) is 22.1 Å². The van der Waals surface area contributed by atoms with Crippen LogP contribution in [0.15, 0.2) is 0 Å². The quantitative estimate of drug-likeness (QED) is 0.710. The van der Waals surface area contributed by atoms with E-state index in [1.807, 2.05) is 20.8 Å². The van der Waals surface area contributed by atoms with Gasteiger partial charge >= 0.3 is 5.97 Å². The van der Waals surface area contributed by atoms with Crippen LogP contribution in [0.4, 0.5) is 0 Å². The van der Waals surface area contributed by atoms with Crippen molar-refractivity contribution in [2.24, 2.45) is 5.92 Å². The maximum absolute atomic E-state index is 11.5. The highest BCUT2D eigenvalue weighted by Gasteiger charge is 2.21. The molecule has 2 atom stereocenters. The van der Waals surface area contributed by atoms with E-state index >= 15 is 0 Å². The number of nitrogens with one attached hydrogen (secondary N) is 1. The van der Waals surface area contributed by atoms with Gasteiger partial charge in [0.15, 0.2) is 0 Å². The minimum Gasteiger partial charge on any atom is -0.481 e. The second kappa shape index (κ2) is 6.74. The summed E-state index contributed by atoms with van der Waals surface area (Å²) in [5.74, 6) is -2.11. The summed E-state index contributed by atoms with van der Waals surface area (Å²) in [5.41, 5.74) is -0.320. The molecule has 0 aliphatic carbocycles. The lowest BCUT2D eigenvalue weighted by Crippen LogP contribution is -2.45. The molecule has 0 bridgehead atoms. The van der Waals surface area contributed by atoms with E-state index in [0.29, 0.717) is 0 Å². The van der Waals surface area contributed by atoms with Gasteiger partial charge in [-0.3, -0.25) is 13.8 Å². The van der Waals surface area contributed by atoms with Crippen molar-refractivity contribution in [1.29, 1.82) is 0 Å². The fourth-order valence-corrected chi connectivity index (χ4v) is 2.24. The summed E-state index contributed by atoms with van der Waals surface area (Å²) in [6.45, 7) is 7.19. The summed E-state index contributed by atoms with van der Waals surface area (Å²) < 4.78 is 11.5. The van der Waals surface area contributed by atoms with Gasteiger partial charge in [0.05, 0.1) is 5.92 Å². The Labute approximate surface area is 104 Å².